The van der Waals surface area contributed by atoms with Crippen molar-refractivity contribution in [3.63, 3.8) is 0 Å². The van der Waals surface area contributed by atoms with Crippen LogP contribution in [0.1, 0.15) is 26.2 Å². The second-order valence-corrected chi connectivity index (χ2v) is 5.17. The molecule has 0 fully saturated rings. The van der Waals surface area contributed by atoms with Gasteiger partial charge >= 0.3 is 0 Å². The fourth-order valence-corrected chi connectivity index (χ4v) is 1.83. The van der Waals surface area contributed by atoms with Crippen LogP contribution in [0.15, 0.2) is 28.8 Å². The van der Waals surface area contributed by atoms with Crippen molar-refractivity contribution in [1.29, 1.82) is 0 Å². The first-order valence-corrected chi connectivity index (χ1v) is 6.85. The minimum atomic E-state index is 0.507. The molecule has 1 aromatic carbocycles. The molecule has 1 N–H and O–H groups in total. The van der Waals surface area contributed by atoms with Crippen LogP contribution in [0.2, 0.25) is 5.02 Å². The number of halogens is 1. The van der Waals surface area contributed by atoms with E-state index in [1.165, 1.54) is 0 Å². The number of aryl methyl sites for hydroxylation is 1. The number of nitrogens with one attached hydrogen (secondary N) is 1. The zero-order chi connectivity index (χ0) is 13.7. The summed E-state index contributed by atoms with van der Waals surface area (Å²) in [6.07, 6.45) is 1.78. The van der Waals surface area contributed by atoms with E-state index in [1.54, 1.807) is 0 Å². The molecule has 0 aliphatic rings. The number of hydrogen-bond donors (Lipinski definition) is 1. The monoisotopic (exact) mass is 279 g/mol. The van der Waals surface area contributed by atoms with Gasteiger partial charge in [-0.05, 0) is 37.2 Å². The predicted octanol–water partition coefficient (Wildman–Crippen LogP) is 3.32. The highest BCUT2D eigenvalue weighted by molar-refractivity contribution is 6.30. The molecule has 0 saturated carbocycles. The summed E-state index contributed by atoms with van der Waals surface area (Å²) >= 11 is 5.84. The minimum Gasteiger partial charge on any atom is -0.339 e. The summed E-state index contributed by atoms with van der Waals surface area (Å²) in [5.74, 6) is 1.29. The van der Waals surface area contributed by atoms with E-state index in [1.807, 2.05) is 24.3 Å². The third kappa shape index (κ3) is 4.33. The zero-order valence-electron chi connectivity index (χ0n) is 11.2. The molecule has 2 aromatic rings. The molecule has 1 heterocycles. The lowest BCUT2D eigenvalue weighted by molar-refractivity contribution is 0.374. The fraction of sp³-hybridized carbons (Fsp3) is 0.429. The second-order valence-electron chi connectivity index (χ2n) is 4.73. The highest BCUT2D eigenvalue weighted by atomic mass is 35.5. The zero-order valence-corrected chi connectivity index (χ0v) is 11.9. The maximum atomic E-state index is 5.84. The molecule has 0 bridgehead atoms. The number of aromatic nitrogens is 2. The summed E-state index contributed by atoms with van der Waals surface area (Å²) in [6.45, 7) is 5.22. The molecule has 0 radical (unpaired) electrons. The van der Waals surface area contributed by atoms with Gasteiger partial charge in [-0.3, -0.25) is 0 Å². The van der Waals surface area contributed by atoms with Crippen LogP contribution in [0.4, 0.5) is 0 Å². The van der Waals surface area contributed by atoms with Gasteiger partial charge in [0.1, 0.15) is 0 Å². The molecule has 4 nitrogen and oxygen atoms in total. The van der Waals surface area contributed by atoms with Crippen molar-refractivity contribution in [3.8, 4) is 11.4 Å². The topological polar surface area (TPSA) is 51.0 Å². The van der Waals surface area contributed by atoms with Gasteiger partial charge in [-0.2, -0.15) is 4.98 Å². The van der Waals surface area contributed by atoms with E-state index in [0.717, 1.165) is 24.9 Å². The molecule has 102 valence electrons. The van der Waals surface area contributed by atoms with E-state index < -0.39 is 0 Å². The molecular formula is C14H18ClN3O. The molecule has 0 amide bonds. The Labute approximate surface area is 118 Å². The van der Waals surface area contributed by atoms with E-state index in [2.05, 4.69) is 29.3 Å². The third-order valence-electron chi connectivity index (χ3n) is 2.69. The Bertz CT molecular complexity index is 508. The second kappa shape index (κ2) is 6.68. The molecule has 0 aliphatic carbocycles. The number of benzene rings is 1. The van der Waals surface area contributed by atoms with Gasteiger partial charge in [-0.15, -0.1) is 0 Å². The van der Waals surface area contributed by atoms with E-state index in [0.29, 0.717) is 22.8 Å². The van der Waals surface area contributed by atoms with Crippen LogP contribution < -0.4 is 5.32 Å². The Kier molecular flexibility index (Phi) is 4.93. The summed E-state index contributed by atoms with van der Waals surface area (Å²) in [5, 5.41) is 8.04. The summed E-state index contributed by atoms with van der Waals surface area (Å²) in [7, 11) is 0. The molecule has 0 spiro atoms. The minimum absolute atomic E-state index is 0.507. The van der Waals surface area contributed by atoms with Crippen LogP contribution in [0, 0.1) is 0 Å². The van der Waals surface area contributed by atoms with Crippen molar-refractivity contribution < 1.29 is 4.52 Å². The quantitative estimate of drug-likeness (QED) is 0.824. The lowest BCUT2D eigenvalue weighted by Crippen LogP contribution is -2.23. The van der Waals surface area contributed by atoms with Crippen molar-refractivity contribution in [1.82, 2.24) is 15.5 Å². The normalized spacial score (nSPS) is 11.2. The highest BCUT2D eigenvalue weighted by Gasteiger charge is 2.08. The molecule has 1 aromatic heterocycles. The Morgan fingerprint density at radius 2 is 2.00 bits per heavy atom. The van der Waals surface area contributed by atoms with Gasteiger partial charge in [0, 0.05) is 23.0 Å². The maximum absolute atomic E-state index is 5.84. The Morgan fingerprint density at radius 3 is 2.68 bits per heavy atom. The van der Waals surface area contributed by atoms with Gasteiger partial charge in [0.05, 0.1) is 0 Å². The van der Waals surface area contributed by atoms with Gasteiger partial charge in [-0.25, -0.2) is 0 Å². The van der Waals surface area contributed by atoms with Gasteiger partial charge in [0.15, 0.2) is 0 Å². The van der Waals surface area contributed by atoms with Crippen LogP contribution in [0.5, 0.6) is 0 Å². The van der Waals surface area contributed by atoms with Gasteiger partial charge in [0.2, 0.25) is 11.7 Å². The lowest BCUT2D eigenvalue weighted by atomic mass is 10.2. The van der Waals surface area contributed by atoms with E-state index in [4.69, 9.17) is 16.1 Å². The van der Waals surface area contributed by atoms with Crippen LogP contribution in [-0.2, 0) is 6.42 Å². The maximum Gasteiger partial charge on any atom is 0.227 e. The van der Waals surface area contributed by atoms with E-state index >= 15 is 0 Å². The molecule has 2 rings (SSSR count). The van der Waals surface area contributed by atoms with Gasteiger partial charge in [0.25, 0.3) is 0 Å². The van der Waals surface area contributed by atoms with Crippen molar-refractivity contribution in [3.05, 3.63) is 35.2 Å². The Balaban J connectivity index is 1.90. The standard InChI is InChI=1S/C14H18ClN3O/c1-10(2)16-9-3-4-13-17-14(18-19-13)11-5-7-12(15)8-6-11/h5-8,10,16H,3-4,9H2,1-2H3. The van der Waals surface area contributed by atoms with Gasteiger partial charge in [-0.1, -0.05) is 30.6 Å². The Morgan fingerprint density at radius 1 is 1.26 bits per heavy atom. The largest absolute Gasteiger partial charge is 0.339 e. The van der Waals surface area contributed by atoms with Crippen molar-refractivity contribution in [2.24, 2.45) is 0 Å². The first kappa shape index (κ1) is 14.0. The third-order valence-corrected chi connectivity index (χ3v) is 2.94. The van der Waals surface area contributed by atoms with Crippen LogP contribution in [0.3, 0.4) is 0 Å². The van der Waals surface area contributed by atoms with Crippen LogP contribution in [-0.4, -0.2) is 22.7 Å². The number of rotatable bonds is 6. The first-order valence-electron chi connectivity index (χ1n) is 6.47. The molecule has 0 saturated heterocycles. The smallest absolute Gasteiger partial charge is 0.227 e. The summed E-state index contributed by atoms with van der Waals surface area (Å²) < 4.78 is 5.23. The molecule has 5 heteroatoms. The lowest BCUT2D eigenvalue weighted by Gasteiger charge is -2.05. The molecule has 0 unspecified atom stereocenters. The molecule has 19 heavy (non-hydrogen) atoms. The average molecular weight is 280 g/mol. The van der Waals surface area contributed by atoms with Crippen molar-refractivity contribution in [2.75, 3.05) is 6.54 Å². The van der Waals surface area contributed by atoms with Crippen LogP contribution >= 0.6 is 11.6 Å². The van der Waals surface area contributed by atoms with Gasteiger partial charge < -0.3 is 9.84 Å². The molecule has 0 atom stereocenters. The Hall–Kier alpha value is -1.39. The van der Waals surface area contributed by atoms with Crippen LogP contribution in [0.25, 0.3) is 11.4 Å². The first-order chi connectivity index (χ1) is 9.15. The SMILES string of the molecule is CC(C)NCCCc1nc(-c2ccc(Cl)cc2)no1. The van der Waals surface area contributed by atoms with Crippen molar-refractivity contribution in [2.45, 2.75) is 32.7 Å². The summed E-state index contributed by atoms with van der Waals surface area (Å²) in [4.78, 5) is 4.38. The summed E-state index contributed by atoms with van der Waals surface area (Å²) in [6, 6.07) is 7.92. The van der Waals surface area contributed by atoms with E-state index in [9.17, 15) is 0 Å². The highest BCUT2D eigenvalue weighted by Crippen LogP contribution is 2.18. The molecular weight excluding hydrogens is 262 g/mol. The van der Waals surface area contributed by atoms with E-state index in [-0.39, 0.29) is 0 Å². The number of hydrogen-bond acceptors (Lipinski definition) is 4. The fourth-order valence-electron chi connectivity index (χ4n) is 1.70. The predicted molar refractivity (Wildman–Crippen MR) is 76.2 cm³/mol. The average Bonchev–Trinajstić information content (AvgIpc) is 2.84. The number of nitrogens with zero attached hydrogens (tertiary/aromatic N) is 2. The molecule has 0 aliphatic heterocycles. The van der Waals surface area contributed by atoms with Crippen molar-refractivity contribution >= 4 is 11.6 Å². The summed E-state index contributed by atoms with van der Waals surface area (Å²) in [5.41, 5.74) is 0.916.